The lowest BCUT2D eigenvalue weighted by Crippen LogP contribution is -2.28. The van der Waals surface area contributed by atoms with Crippen molar-refractivity contribution >= 4 is 0 Å². The van der Waals surface area contributed by atoms with Crippen LogP contribution in [0, 0.1) is 0 Å². The number of rotatable bonds is 2. The van der Waals surface area contributed by atoms with Crippen LogP contribution in [-0.2, 0) is 12.8 Å². The van der Waals surface area contributed by atoms with Gasteiger partial charge in [0.25, 0.3) is 0 Å². The molecular formula is C14H17N3O. The fourth-order valence-corrected chi connectivity index (χ4v) is 2.50. The van der Waals surface area contributed by atoms with Crippen molar-refractivity contribution in [1.82, 2.24) is 9.78 Å². The van der Waals surface area contributed by atoms with Gasteiger partial charge in [-0.05, 0) is 49.1 Å². The molecule has 1 aliphatic carbocycles. The summed E-state index contributed by atoms with van der Waals surface area (Å²) in [7, 11) is 1.67. The number of nitrogens with two attached hydrogens (primary N) is 1. The van der Waals surface area contributed by atoms with Crippen LogP contribution >= 0.6 is 0 Å². The Bertz CT molecular complexity index is 545. The lowest BCUT2D eigenvalue weighted by Gasteiger charge is -2.19. The molecule has 0 fully saturated rings. The summed E-state index contributed by atoms with van der Waals surface area (Å²) in [6.45, 7) is 0. The minimum Gasteiger partial charge on any atom is -0.497 e. The molecule has 1 atom stereocenters. The lowest BCUT2D eigenvalue weighted by molar-refractivity contribution is 0.414. The molecule has 1 aromatic carbocycles. The lowest BCUT2D eigenvalue weighted by atomic mass is 9.94. The van der Waals surface area contributed by atoms with Gasteiger partial charge in [0.05, 0.1) is 19.0 Å². The highest BCUT2D eigenvalue weighted by Crippen LogP contribution is 2.24. The Labute approximate surface area is 106 Å². The molecule has 1 heterocycles. The van der Waals surface area contributed by atoms with Crippen LogP contribution < -0.4 is 10.5 Å². The van der Waals surface area contributed by atoms with Crippen molar-refractivity contribution < 1.29 is 4.74 Å². The summed E-state index contributed by atoms with van der Waals surface area (Å²) in [4.78, 5) is 0. The minimum absolute atomic E-state index is 0.283. The van der Waals surface area contributed by atoms with Gasteiger partial charge in [0.1, 0.15) is 5.75 Å². The maximum Gasteiger partial charge on any atom is 0.119 e. The average Bonchev–Trinajstić information content (AvgIpc) is 2.81. The van der Waals surface area contributed by atoms with E-state index < -0.39 is 0 Å². The number of aromatic nitrogens is 2. The topological polar surface area (TPSA) is 53.1 Å². The molecule has 1 aliphatic rings. The van der Waals surface area contributed by atoms with Crippen LogP contribution in [0.15, 0.2) is 30.5 Å². The van der Waals surface area contributed by atoms with Gasteiger partial charge in [-0.15, -0.1) is 0 Å². The second kappa shape index (κ2) is 4.46. The summed E-state index contributed by atoms with van der Waals surface area (Å²) in [5, 5.41) is 4.48. The summed E-state index contributed by atoms with van der Waals surface area (Å²) in [5.74, 6) is 0.863. The molecule has 94 valence electrons. The van der Waals surface area contributed by atoms with E-state index in [-0.39, 0.29) is 6.04 Å². The molecule has 0 bridgehead atoms. The van der Waals surface area contributed by atoms with Crippen molar-refractivity contribution in [2.24, 2.45) is 5.73 Å². The van der Waals surface area contributed by atoms with Gasteiger partial charge in [0.2, 0.25) is 0 Å². The molecule has 4 nitrogen and oxygen atoms in total. The quantitative estimate of drug-likeness (QED) is 0.873. The van der Waals surface area contributed by atoms with Gasteiger partial charge in [0.15, 0.2) is 0 Å². The molecule has 2 N–H and O–H groups in total. The zero-order valence-corrected chi connectivity index (χ0v) is 10.5. The number of hydrogen-bond donors (Lipinski definition) is 1. The van der Waals surface area contributed by atoms with E-state index in [2.05, 4.69) is 5.10 Å². The highest BCUT2D eigenvalue weighted by atomic mass is 16.5. The van der Waals surface area contributed by atoms with E-state index in [1.165, 1.54) is 11.3 Å². The number of nitrogens with zero attached hydrogens (tertiary/aromatic N) is 2. The Balaban J connectivity index is 1.97. The Hall–Kier alpha value is -1.81. The van der Waals surface area contributed by atoms with Gasteiger partial charge in [-0.2, -0.15) is 5.10 Å². The summed E-state index contributed by atoms with van der Waals surface area (Å²) >= 11 is 0. The normalized spacial score (nSPS) is 18.4. The molecule has 0 spiro atoms. The average molecular weight is 243 g/mol. The third-order valence-corrected chi connectivity index (χ3v) is 3.51. The number of benzene rings is 1. The van der Waals surface area contributed by atoms with Gasteiger partial charge in [-0.25, -0.2) is 4.68 Å². The molecule has 0 radical (unpaired) electrons. The standard InChI is InChI=1S/C14H17N3O/c1-18-13-5-3-12(4-6-13)17-14-7-2-11(15)8-10(14)9-16-17/h3-6,9,11H,2,7-8,15H2,1H3. The fraction of sp³-hybridized carbons (Fsp3) is 0.357. The van der Waals surface area contributed by atoms with Gasteiger partial charge in [0, 0.05) is 11.7 Å². The number of hydrogen-bond acceptors (Lipinski definition) is 3. The van der Waals surface area contributed by atoms with Crippen molar-refractivity contribution in [3.05, 3.63) is 41.7 Å². The SMILES string of the molecule is COc1ccc(-n2ncc3c2CCC(N)C3)cc1. The monoisotopic (exact) mass is 243 g/mol. The van der Waals surface area contributed by atoms with Crippen LogP contribution in [0.2, 0.25) is 0 Å². The van der Waals surface area contributed by atoms with Crippen molar-refractivity contribution in [1.29, 1.82) is 0 Å². The minimum atomic E-state index is 0.283. The smallest absolute Gasteiger partial charge is 0.119 e. The van der Waals surface area contributed by atoms with Crippen LogP contribution in [0.1, 0.15) is 17.7 Å². The van der Waals surface area contributed by atoms with Crippen LogP contribution in [-0.4, -0.2) is 22.9 Å². The molecule has 1 aromatic heterocycles. The highest BCUT2D eigenvalue weighted by molar-refractivity contribution is 5.40. The maximum atomic E-state index is 5.98. The predicted molar refractivity (Wildman–Crippen MR) is 70.1 cm³/mol. The Morgan fingerprint density at radius 1 is 1.33 bits per heavy atom. The molecular weight excluding hydrogens is 226 g/mol. The summed E-state index contributed by atoms with van der Waals surface area (Å²) in [6.07, 6.45) is 4.92. The third kappa shape index (κ3) is 1.88. The number of ether oxygens (including phenoxy) is 1. The summed E-state index contributed by atoms with van der Waals surface area (Å²) in [6, 6.07) is 8.25. The van der Waals surface area contributed by atoms with Crippen LogP contribution in [0.4, 0.5) is 0 Å². The Kier molecular flexibility index (Phi) is 2.80. The van der Waals surface area contributed by atoms with Gasteiger partial charge < -0.3 is 10.5 Å². The molecule has 0 saturated carbocycles. The predicted octanol–water partition coefficient (Wildman–Crippen LogP) is 1.70. The van der Waals surface area contributed by atoms with Crippen molar-refractivity contribution in [2.75, 3.05) is 7.11 Å². The maximum absolute atomic E-state index is 5.98. The zero-order valence-electron chi connectivity index (χ0n) is 10.5. The molecule has 0 aliphatic heterocycles. The van der Waals surface area contributed by atoms with Crippen molar-refractivity contribution in [3.63, 3.8) is 0 Å². The van der Waals surface area contributed by atoms with E-state index >= 15 is 0 Å². The summed E-state index contributed by atoms with van der Waals surface area (Å²) in [5.41, 5.74) is 9.63. The third-order valence-electron chi connectivity index (χ3n) is 3.51. The van der Waals surface area contributed by atoms with Crippen molar-refractivity contribution in [2.45, 2.75) is 25.3 Å². The first-order chi connectivity index (χ1) is 8.78. The van der Waals surface area contributed by atoms with Crippen LogP contribution in [0.25, 0.3) is 5.69 Å². The Morgan fingerprint density at radius 3 is 2.83 bits per heavy atom. The van der Waals surface area contributed by atoms with E-state index in [0.29, 0.717) is 0 Å². The molecule has 2 aromatic rings. The highest BCUT2D eigenvalue weighted by Gasteiger charge is 2.20. The number of methoxy groups -OCH3 is 1. The van der Waals surface area contributed by atoms with E-state index in [4.69, 9.17) is 10.5 Å². The molecule has 0 saturated heterocycles. The number of fused-ring (bicyclic) bond motifs is 1. The molecule has 0 amide bonds. The van der Waals surface area contributed by atoms with Crippen LogP contribution in [0.3, 0.4) is 0 Å². The zero-order chi connectivity index (χ0) is 12.5. The van der Waals surface area contributed by atoms with E-state index in [9.17, 15) is 0 Å². The van der Waals surface area contributed by atoms with Gasteiger partial charge in [-0.1, -0.05) is 0 Å². The van der Waals surface area contributed by atoms with Crippen LogP contribution in [0.5, 0.6) is 5.75 Å². The van der Waals surface area contributed by atoms with E-state index in [0.717, 1.165) is 30.7 Å². The fourth-order valence-electron chi connectivity index (χ4n) is 2.50. The molecule has 4 heteroatoms. The first-order valence-corrected chi connectivity index (χ1v) is 6.23. The Morgan fingerprint density at radius 2 is 2.11 bits per heavy atom. The molecule has 18 heavy (non-hydrogen) atoms. The largest absolute Gasteiger partial charge is 0.497 e. The second-order valence-corrected chi connectivity index (χ2v) is 4.73. The van der Waals surface area contributed by atoms with E-state index in [1.807, 2.05) is 35.1 Å². The second-order valence-electron chi connectivity index (χ2n) is 4.73. The van der Waals surface area contributed by atoms with Gasteiger partial charge >= 0.3 is 0 Å². The molecule has 3 rings (SSSR count). The summed E-state index contributed by atoms with van der Waals surface area (Å²) < 4.78 is 7.18. The van der Waals surface area contributed by atoms with E-state index in [1.54, 1.807) is 7.11 Å². The first kappa shape index (κ1) is 11.3. The molecule has 1 unspecified atom stereocenters. The first-order valence-electron chi connectivity index (χ1n) is 6.23. The van der Waals surface area contributed by atoms with Crippen molar-refractivity contribution in [3.8, 4) is 11.4 Å². The van der Waals surface area contributed by atoms with Gasteiger partial charge in [-0.3, -0.25) is 0 Å².